The highest BCUT2D eigenvalue weighted by Crippen LogP contribution is 2.13. The van der Waals surface area contributed by atoms with Crippen LogP contribution in [0.25, 0.3) is 0 Å². The van der Waals surface area contributed by atoms with Crippen LogP contribution in [0.2, 0.25) is 0 Å². The fraction of sp³-hybridized carbons (Fsp3) is 0.364. The number of aromatic nitrogens is 5. The second kappa shape index (κ2) is 5.51. The van der Waals surface area contributed by atoms with E-state index in [-0.39, 0.29) is 24.1 Å². The molecule has 5 N–H and O–H groups in total. The molecule has 0 fully saturated rings. The molecule has 0 aliphatic rings. The predicted molar refractivity (Wildman–Crippen MR) is 70.9 cm³/mol. The third-order valence-electron chi connectivity index (χ3n) is 2.55. The molecule has 9 nitrogen and oxygen atoms in total. The number of nitrogens with two attached hydrogens (primary N) is 1. The van der Waals surface area contributed by atoms with E-state index in [4.69, 9.17) is 5.73 Å². The number of nitrogens with zero attached hydrogens (tertiary/aromatic N) is 3. The molecule has 2 aromatic heterocycles. The Hall–Kier alpha value is -2.71. The number of aromatic amines is 2. The zero-order valence-electron chi connectivity index (χ0n) is 11.1. The quantitative estimate of drug-likeness (QED) is 0.594. The Kier molecular flexibility index (Phi) is 3.78. The van der Waals surface area contributed by atoms with Crippen molar-refractivity contribution in [3.63, 3.8) is 0 Å². The molecule has 0 radical (unpaired) electrons. The van der Waals surface area contributed by atoms with Crippen molar-refractivity contribution in [2.45, 2.75) is 26.3 Å². The number of carbonyl (C=O) groups excluding carboxylic acids is 1. The van der Waals surface area contributed by atoms with Crippen molar-refractivity contribution in [3.8, 4) is 0 Å². The summed E-state index contributed by atoms with van der Waals surface area (Å²) in [6, 6.07) is 1.59. The van der Waals surface area contributed by atoms with Crippen LogP contribution in [0.4, 0.5) is 5.95 Å². The van der Waals surface area contributed by atoms with Crippen molar-refractivity contribution in [3.05, 3.63) is 33.8 Å². The smallest absolute Gasteiger partial charge is 0.340 e. The van der Waals surface area contributed by atoms with E-state index in [9.17, 15) is 9.59 Å². The van der Waals surface area contributed by atoms with Crippen molar-refractivity contribution < 1.29 is 4.79 Å². The van der Waals surface area contributed by atoms with E-state index in [0.717, 1.165) is 0 Å². The average Bonchev–Trinajstić information content (AvgIpc) is 2.81. The van der Waals surface area contributed by atoms with Gasteiger partial charge in [-0.1, -0.05) is 13.8 Å². The van der Waals surface area contributed by atoms with Crippen LogP contribution in [0.1, 0.15) is 41.8 Å². The second-order valence-electron chi connectivity index (χ2n) is 4.50. The number of nitrogens with one attached hydrogen (secondary N) is 3. The SMILES string of the molecule is CC(C)c1cc(C(=O)NCc2n[nH]c(=O)[nH]2)nc(N)n1. The molecule has 0 unspecified atom stereocenters. The van der Waals surface area contributed by atoms with Crippen LogP contribution >= 0.6 is 0 Å². The molecule has 1 amide bonds. The molecule has 0 spiro atoms. The summed E-state index contributed by atoms with van der Waals surface area (Å²) in [5.74, 6) is 0.100. The van der Waals surface area contributed by atoms with E-state index < -0.39 is 11.6 Å². The van der Waals surface area contributed by atoms with Gasteiger partial charge in [0.1, 0.15) is 11.5 Å². The lowest BCUT2D eigenvalue weighted by atomic mass is 10.1. The molecule has 20 heavy (non-hydrogen) atoms. The van der Waals surface area contributed by atoms with Crippen LogP contribution in [0.5, 0.6) is 0 Å². The zero-order chi connectivity index (χ0) is 14.7. The van der Waals surface area contributed by atoms with E-state index >= 15 is 0 Å². The first kappa shape index (κ1) is 13.7. The van der Waals surface area contributed by atoms with Gasteiger partial charge in [0, 0.05) is 5.69 Å². The normalized spacial score (nSPS) is 10.8. The van der Waals surface area contributed by atoms with E-state index in [0.29, 0.717) is 11.5 Å². The Morgan fingerprint density at radius 3 is 2.80 bits per heavy atom. The minimum absolute atomic E-state index is 0.0505. The number of hydrogen-bond donors (Lipinski definition) is 4. The molecule has 0 bridgehead atoms. The lowest BCUT2D eigenvalue weighted by Crippen LogP contribution is -2.25. The number of amides is 1. The molecular formula is C11H15N7O2. The highest BCUT2D eigenvalue weighted by atomic mass is 16.2. The summed E-state index contributed by atoms with van der Waals surface area (Å²) in [6.45, 7) is 3.97. The van der Waals surface area contributed by atoms with Gasteiger partial charge in [0.15, 0.2) is 0 Å². The minimum Gasteiger partial charge on any atom is -0.368 e. The first-order valence-corrected chi connectivity index (χ1v) is 6.02. The topological polar surface area (TPSA) is 142 Å². The lowest BCUT2D eigenvalue weighted by Gasteiger charge is -2.08. The number of hydrogen-bond acceptors (Lipinski definition) is 6. The molecule has 0 aliphatic carbocycles. The third-order valence-corrected chi connectivity index (χ3v) is 2.55. The first-order chi connectivity index (χ1) is 9.45. The Morgan fingerprint density at radius 1 is 1.45 bits per heavy atom. The highest BCUT2D eigenvalue weighted by molar-refractivity contribution is 5.92. The summed E-state index contributed by atoms with van der Waals surface area (Å²) in [7, 11) is 0. The van der Waals surface area contributed by atoms with Crippen molar-refractivity contribution in [2.75, 3.05) is 5.73 Å². The fourth-order valence-corrected chi connectivity index (χ4v) is 1.54. The Balaban J connectivity index is 2.10. The summed E-state index contributed by atoms with van der Waals surface area (Å²) in [4.78, 5) is 33.2. The number of H-pyrrole nitrogens is 2. The molecule has 9 heteroatoms. The van der Waals surface area contributed by atoms with Crippen LogP contribution in [0.3, 0.4) is 0 Å². The number of anilines is 1. The summed E-state index contributed by atoms with van der Waals surface area (Å²) in [5, 5.41) is 8.47. The van der Waals surface area contributed by atoms with Gasteiger partial charge >= 0.3 is 5.69 Å². The zero-order valence-corrected chi connectivity index (χ0v) is 11.1. The van der Waals surface area contributed by atoms with E-state index in [1.807, 2.05) is 13.8 Å². The summed E-state index contributed by atoms with van der Waals surface area (Å²) >= 11 is 0. The molecule has 2 heterocycles. The maximum atomic E-state index is 12.0. The predicted octanol–water partition coefficient (Wildman–Crippen LogP) is -0.476. The van der Waals surface area contributed by atoms with E-state index in [1.54, 1.807) is 6.07 Å². The van der Waals surface area contributed by atoms with Gasteiger partial charge in [-0.05, 0) is 12.0 Å². The maximum Gasteiger partial charge on any atom is 0.340 e. The average molecular weight is 277 g/mol. The van der Waals surface area contributed by atoms with E-state index in [1.165, 1.54) is 0 Å². The maximum absolute atomic E-state index is 12.0. The summed E-state index contributed by atoms with van der Waals surface area (Å²) in [5.41, 5.74) is 6.02. The van der Waals surface area contributed by atoms with Gasteiger partial charge in [-0.2, -0.15) is 5.10 Å². The molecule has 0 saturated heterocycles. The monoisotopic (exact) mass is 277 g/mol. The molecule has 106 valence electrons. The van der Waals surface area contributed by atoms with Crippen LogP contribution in [-0.2, 0) is 6.54 Å². The van der Waals surface area contributed by atoms with Gasteiger partial charge < -0.3 is 11.1 Å². The minimum atomic E-state index is -0.428. The molecule has 0 saturated carbocycles. The van der Waals surface area contributed by atoms with Gasteiger partial charge in [-0.15, -0.1) is 0 Å². The van der Waals surface area contributed by atoms with Crippen molar-refractivity contribution in [1.29, 1.82) is 0 Å². The van der Waals surface area contributed by atoms with Crippen LogP contribution < -0.4 is 16.7 Å². The molecule has 0 aromatic carbocycles. The van der Waals surface area contributed by atoms with Crippen molar-refractivity contribution in [2.24, 2.45) is 0 Å². The van der Waals surface area contributed by atoms with E-state index in [2.05, 4.69) is 30.5 Å². The number of nitrogen functional groups attached to an aromatic ring is 1. The summed E-state index contributed by atoms with van der Waals surface area (Å²) in [6.07, 6.45) is 0. The Bertz CT molecular complexity index is 673. The highest BCUT2D eigenvalue weighted by Gasteiger charge is 2.12. The molecule has 0 atom stereocenters. The van der Waals surface area contributed by atoms with Gasteiger partial charge in [-0.25, -0.2) is 19.9 Å². The van der Waals surface area contributed by atoms with Gasteiger partial charge in [0.05, 0.1) is 6.54 Å². The molecule has 0 aliphatic heterocycles. The van der Waals surface area contributed by atoms with Crippen LogP contribution in [0, 0.1) is 0 Å². The summed E-state index contributed by atoms with van der Waals surface area (Å²) < 4.78 is 0. The first-order valence-electron chi connectivity index (χ1n) is 6.02. The molecular weight excluding hydrogens is 262 g/mol. The lowest BCUT2D eigenvalue weighted by molar-refractivity contribution is 0.0944. The number of rotatable bonds is 4. The standard InChI is InChI=1S/C11H15N7O2/c1-5(2)6-3-7(15-10(12)14-6)9(19)13-4-8-16-11(20)18-17-8/h3,5H,4H2,1-2H3,(H,13,19)(H2,12,14,15)(H2,16,17,18,20). The van der Waals surface area contributed by atoms with Gasteiger partial charge in [0.25, 0.3) is 5.91 Å². The van der Waals surface area contributed by atoms with Crippen molar-refractivity contribution in [1.82, 2.24) is 30.5 Å². The molecule has 2 rings (SSSR count). The van der Waals surface area contributed by atoms with Crippen LogP contribution in [-0.4, -0.2) is 31.1 Å². The Labute approximate surface area is 114 Å². The Morgan fingerprint density at radius 2 is 2.20 bits per heavy atom. The fourth-order valence-electron chi connectivity index (χ4n) is 1.54. The van der Waals surface area contributed by atoms with Crippen LogP contribution in [0.15, 0.2) is 10.9 Å². The largest absolute Gasteiger partial charge is 0.368 e. The third kappa shape index (κ3) is 3.19. The van der Waals surface area contributed by atoms with Gasteiger partial charge in [-0.3, -0.25) is 9.78 Å². The van der Waals surface area contributed by atoms with Gasteiger partial charge in [0.2, 0.25) is 5.95 Å². The number of carbonyl (C=O) groups is 1. The molecule has 2 aromatic rings. The second-order valence-corrected chi connectivity index (χ2v) is 4.50. The van der Waals surface area contributed by atoms with Crippen molar-refractivity contribution >= 4 is 11.9 Å².